The zero-order valence-electron chi connectivity index (χ0n) is 14.0. The number of nitrogens with one attached hydrogen (secondary N) is 2. The number of hydrogen-bond donors (Lipinski definition) is 2. The lowest BCUT2D eigenvalue weighted by Crippen LogP contribution is -2.27. The number of carbonyl (C=O) groups excluding carboxylic acids is 1. The smallest absolute Gasteiger partial charge is 0.261 e. The molecule has 3 rings (SSSR count). The van der Waals surface area contributed by atoms with Crippen LogP contribution in [0.25, 0.3) is 10.9 Å². The molecule has 0 radical (unpaired) electrons. The van der Waals surface area contributed by atoms with Crippen LogP contribution in [0, 0.1) is 4.77 Å². The Morgan fingerprint density at radius 1 is 1.19 bits per heavy atom. The molecule has 26 heavy (non-hydrogen) atoms. The lowest BCUT2D eigenvalue weighted by Gasteiger charge is -2.15. The quantitative estimate of drug-likeness (QED) is 0.632. The van der Waals surface area contributed by atoms with Crippen LogP contribution in [0.4, 0.5) is 0 Å². The molecule has 0 bridgehead atoms. The summed E-state index contributed by atoms with van der Waals surface area (Å²) >= 11 is 17.1. The standard InChI is InChI=1S/C18H15Cl2N3O2S/c1-9(10-4-6-13(19)14(20)7-10)21-16(24)11-3-5-12-15(8-11)22-18(26)23(2)17(12)25/h3-9H,1-2H3,(H,21,24)(H,22,26). The summed E-state index contributed by atoms with van der Waals surface area (Å²) in [5.74, 6) is -0.273. The van der Waals surface area contributed by atoms with E-state index in [1.165, 1.54) is 4.57 Å². The second kappa shape index (κ2) is 7.23. The maximum Gasteiger partial charge on any atom is 0.261 e. The average Bonchev–Trinajstić information content (AvgIpc) is 2.61. The molecule has 0 aliphatic rings. The number of benzene rings is 2. The van der Waals surface area contributed by atoms with Crippen molar-refractivity contribution >= 4 is 52.2 Å². The molecule has 8 heteroatoms. The summed E-state index contributed by atoms with van der Waals surface area (Å²) in [6, 6.07) is 9.78. The van der Waals surface area contributed by atoms with Crippen molar-refractivity contribution in [1.29, 1.82) is 0 Å². The predicted octanol–water partition coefficient (Wildman–Crippen LogP) is 4.39. The number of halogens is 2. The molecule has 1 unspecified atom stereocenters. The lowest BCUT2D eigenvalue weighted by atomic mass is 10.1. The topological polar surface area (TPSA) is 66.9 Å². The van der Waals surface area contributed by atoms with E-state index in [4.69, 9.17) is 35.4 Å². The minimum absolute atomic E-state index is 0.208. The predicted molar refractivity (Wildman–Crippen MR) is 107 cm³/mol. The van der Waals surface area contributed by atoms with Gasteiger partial charge in [-0.3, -0.25) is 14.2 Å². The number of nitrogens with zero attached hydrogens (tertiary/aromatic N) is 1. The first-order valence-corrected chi connectivity index (χ1v) is 8.93. The van der Waals surface area contributed by atoms with E-state index in [-0.39, 0.29) is 17.5 Å². The number of carbonyl (C=O) groups is 1. The van der Waals surface area contributed by atoms with E-state index in [1.54, 1.807) is 43.4 Å². The number of amides is 1. The van der Waals surface area contributed by atoms with E-state index in [0.29, 0.717) is 31.3 Å². The number of aromatic amines is 1. The van der Waals surface area contributed by atoms with E-state index in [9.17, 15) is 9.59 Å². The largest absolute Gasteiger partial charge is 0.346 e. The van der Waals surface area contributed by atoms with Gasteiger partial charge in [-0.05, 0) is 55.0 Å². The first kappa shape index (κ1) is 18.6. The van der Waals surface area contributed by atoms with Crippen molar-refractivity contribution in [1.82, 2.24) is 14.9 Å². The third-order valence-corrected chi connectivity index (χ3v) is 5.27. The number of aromatic nitrogens is 2. The summed E-state index contributed by atoms with van der Waals surface area (Å²) in [5, 5.41) is 4.26. The molecule has 134 valence electrons. The summed E-state index contributed by atoms with van der Waals surface area (Å²) in [6.07, 6.45) is 0. The molecule has 0 saturated heterocycles. The molecular weight excluding hydrogens is 393 g/mol. The normalized spacial score (nSPS) is 12.2. The van der Waals surface area contributed by atoms with Crippen LogP contribution in [0.1, 0.15) is 28.9 Å². The summed E-state index contributed by atoms with van der Waals surface area (Å²) in [4.78, 5) is 27.7. The monoisotopic (exact) mass is 407 g/mol. The van der Waals surface area contributed by atoms with E-state index in [0.717, 1.165) is 5.56 Å². The van der Waals surface area contributed by atoms with Gasteiger partial charge in [0.2, 0.25) is 0 Å². The Balaban J connectivity index is 1.90. The molecule has 1 amide bonds. The third kappa shape index (κ3) is 3.53. The molecule has 5 nitrogen and oxygen atoms in total. The minimum atomic E-state index is -0.273. The zero-order valence-corrected chi connectivity index (χ0v) is 16.3. The molecule has 1 aromatic heterocycles. The van der Waals surface area contributed by atoms with Gasteiger partial charge in [0.25, 0.3) is 11.5 Å². The van der Waals surface area contributed by atoms with Crippen molar-refractivity contribution in [3.63, 3.8) is 0 Å². The van der Waals surface area contributed by atoms with Gasteiger partial charge in [-0.15, -0.1) is 0 Å². The maximum absolute atomic E-state index is 12.6. The van der Waals surface area contributed by atoms with Crippen molar-refractivity contribution < 1.29 is 4.79 Å². The fourth-order valence-electron chi connectivity index (χ4n) is 2.59. The van der Waals surface area contributed by atoms with E-state index in [2.05, 4.69) is 10.3 Å². The van der Waals surface area contributed by atoms with E-state index in [1.807, 2.05) is 6.92 Å². The highest BCUT2D eigenvalue weighted by molar-refractivity contribution is 7.71. The molecule has 1 atom stereocenters. The molecule has 1 heterocycles. The number of fused-ring (bicyclic) bond motifs is 1. The van der Waals surface area contributed by atoms with Crippen molar-refractivity contribution in [2.75, 3.05) is 0 Å². The second-order valence-electron chi connectivity index (χ2n) is 5.92. The van der Waals surface area contributed by atoms with E-state index >= 15 is 0 Å². The number of rotatable bonds is 3. The van der Waals surface area contributed by atoms with Gasteiger partial charge in [0.05, 0.1) is 27.0 Å². The molecular formula is C18H15Cl2N3O2S. The van der Waals surface area contributed by atoms with Gasteiger partial charge in [0, 0.05) is 12.6 Å². The summed E-state index contributed by atoms with van der Waals surface area (Å²) in [5.41, 5.74) is 1.57. The molecule has 0 spiro atoms. The maximum atomic E-state index is 12.6. The van der Waals surface area contributed by atoms with Crippen LogP contribution in [0.2, 0.25) is 10.0 Å². The van der Waals surface area contributed by atoms with Gasteiger partial charge in [-0.25, -0.2) is 0 Å². The van der Waals surface area contributed by atoms with Crippen LogP contribution in [-0.4, -0.2) is 15.5 Å². The third-order valence-electron chi connectivity index (χ3n) is 4.15. The highest BCUT2D eigenvalue weighted by Crippen LogP contribution is 2.25. The zero-order chi connectivity index (χ0) is 19.0. The van der Waals surface area contributed by atoms with Crippen LogP contribution < -0.4 is 10.9 Å². The van der Waals surface area contributed by atoms with E-state index < -0.39 is 0 Å². The Morgan fingerprint density at radius 3 is 2.62 bits per heavy atom. The Kier molecular flexibility index (Phi) is 5.18. The fourth-order valence-corrected chi connectivity index (χ4v) is 3.09. The van der Waals surface area contributed by atoms with Crippen molar-refractivity contribution in [2.45, 2.75) is 13.0 Å². The molecule has 3 aromatic rings. The van der Waals surface area contributed by atoms with Gasteiger partial charge < -0.3 is 10.3 Å². The van der Waals surface area contributed by atoms with Crippen LogP contribution >= 0.6 is 35.4 Å². The van der Waals surface area contributed by atoms with Crippen LogP contribution in [0.3, 0.4) is 0 Å². The molecule has 2 N–H and O–H groups in total. The molecule has 0 aliphatic carbocycles. The van der Waals surface area contributed by atoms with Crippen LogP contribution in [0.5, 0.6) is 0 Å². The van der Waals surface area contributed by atoms with Gasteiger partial charge in [-0.2, -0.15) is 0 Å². The fraction of sp³-hybridized carbons (Fsp3) is 0.167. The Hall–Kier alpha value is -2.15. The minimum Gasteiger partial charge on any atom is -0.346 e. The summed E-state index contributed by atoms with van der Waals surface area (Å²) < 4.78 is 1.65. The van der Waals surface area contributed by atoms with Gasteiger partial charge in [0.15, 0.2) is 4.77 Å². The van der Waals surface area contributed by atoms with Gasteiger partial charge in [-0.1, -0.05) is 29.3 Å². The Morgan fingerprint density at radius 2 is 1.92 bits per heavy atom. The molecule has 0 fully saturated rings. The average molecular weight is 408 g/mol. The van der Waals surface area contributed by atoms with Gasteiger partial charge in [0.1, 0.15) is 0 Å². The molecule has 0 aliphatic heterocycles. The second-order valence-corrected chi connectivity index (χ2v) is 7.12. The highest BCUT2D eigenvalue weighted by atomic mass is 35.5. The van der Waals surface area contributed by atoms with Crippen molar-refractivity contribution in [3.8, 4) is 0 Å². The molecule has 2 aromatic carbocycles. The van der Waals surface area contributed by atoms with Crippen LogP contribution in [-0.2, 0) is 7.05 Å². The van der Waals surface area contributed by atoms with Crippen LogP contribution in [0.15, 0.2) is 41.2 Å². The summed E-state index contributed by atoms with van der Waals surface area (Å²) in [7, 11) is 1.60. The Bertz CT molecular complexity index is 1140. The summed E-state index contributed by atoms with van der Waals surface area (Å²) in [6.45, 7) is 1.85. The SMILES string of the molecule is CC(NC(=O)c1ccc2c(=O)n(C)c(=S)[nH]c2c1)c1ccc(Cl)c(Cl)c1. The highest BCUT2D eigenvalue weighted by Gasteiger charge is 2.14. The van der Waals surface area contributed by atoms with Crippen molar-refractivity contribution in [3.05, 3.63) is 72.7 Å². The number of hydrogen-bond acceptors (Lipinski definition) is 3. The molecule has 0 saturated carbocycles. The Labute approximate surface area is 164 Å². The number of H-pyrrole nitrogens is 1. The van der Waals surface area contributed by atoms with Gasteiger partial charge >= 0.3 is 0 Å². The first-order chi connectivity index (χ1) is 12.3. The van der Waals surface area contributed by atoms with Crippen molar-refractivity contribution in [2.24, 2.45) is 7.05 Å². The first-order valence-electron chi connectivity index (χ1n) is 7.77. The lowest BCUT2D eigenvalue weighted by molar-refractivity contribution is 0.0940.